The summed E-state index contributed by atoms with van der Waals surface area (Å²) < 4.78 is 10.5. The third kappa shape index (κ3) is 2.02. The van der Waals surface area contributed by atoms with Crippen molar-refractivity contribution < 1.29 is 14.6 Å². The van der Waals surface area contributed by atoms with Gasteiger partial charge in [-0.25, -0.2) is 4.99 Å². The van der Waals surface area contributed by atoms with Gasteiger partial charge in [-0.3, -0.25) is 0 Å². The number of benzene rings is 1. The first kappa shape index (κ1) is 11.0. The minimum Gasteiger partial charge on any atom is -0.497 e. The quantitative estimate of drug-likeness (QED) is 0.835. The van der Waals surface area contributed by atoms with E-state index in [9.17, 15) is 0 Å². The fraction of sp³-hybridized carbons (Fsp3) is 0.417. The van der Waals surface area contributed by atoms with Gasteiger partial charge in [0.2, 0.25) is 5.90 Å². The average Bonchev–Trinajstić information content (AvgIpc) is 2.73. The van der Waals surface area contributed by atoms with E-state index in [1.165, 1.54) is 0 Å². The second-order valence-corrected chi connectivity index (χ2v) is 4.09. The number of rotatable bonds is 3. The molecule has 0 aromatic heterocycles. The molecule has 0 saturated heterocycles. The lowest BCUT2D eigenvalue weighted by Gasteiger charge is -2.12. The van der Waals surface area contributed by atoms with Crippen LogP contribution in [0.1, 0.15) is 12.5 Å². The molecule has 1 aliphatic rings. The third-order valence-corrected chi connectivity index (χ3v) is 2.57. The number of methoxy groups -OCH3 is 1. The zero-order valence-electron chi connectivity index (χ0n) is 9.43. The van der Waals surface area contributed by atoms with Crippen LogP contribution in [-0.2, 0) is 4.74 Å². The molecule has 0 bridgehead atoms. The van der Waals surface area contributed by atoms with E-state index >= 15 is 0 Å². The first-order valence-corrected chi connectivity index (χ1v) is 5.15. The molecule has 0 spiro atoms. The maximum absolute atomic E-state index is 9.17. The summed E-state index contributed by atoms with van der Waals surface area (Å²) in [7, 11) is 1.63. The zero-order valence-corrected chi connectivity index (χ0v) is 9.43. The number of aliphatic hydroxyl groups excluding tert-OH is 1. The fourth-order valence-electron chi connectivity index (χ4n) is 1.50. The number of ether oxygens (including phenoxy) is 2. The summed E-state index contributed by atoms with van der Waals surface area (Å²) in [5.74, 6) is 1.38. The van der Waals surface area contributed by atoms with Crippen molar-refractivity contribution in [2.75, 3.05) is 20.3 Å². The van der Waals surface area contributed by atoms with Crippen molar-refractivity contribution in [3.05, 3.63) is 29.8 Å². The zero-order chi connectivity index (χ0) is 11.6. The van der Waals surface area contributed by atoms with Gasteiger partial charge < -0.3 is 14.6 Å². The minimum atomic E-state index is -0.505. The summed E-state index contributed by atoms with van der Waals surface area (Å²) in [6.45, 7) is 2.28. The molecule has 1 aliphatic heterocycles. The van der Waals surface area contributed by atoms with Crippen LogP contribution < -0.4 is 4.74 Å². The lowest BCUT2D eigenvalue weighted by atomic mass is 10.1. The Bertz CT molecular complexity index is 399. The van der Waals surface area contributed by atoms with Crippen LogP contribution in [0.4, 0.5) is 0 Å². The van der Waals surface area contributed by atoms with Crippen LogP contribution in [0.15, 0.2) is 29.3 Å². The van der Waals surface area contributed by atoms with Gasteiger partial charge in [0.25, 0.3) is 0 Å². The first-order chi connectivity index (χ1) is 7.67. The van der Waals surface area contributed by atoms with Gasteiger partial charge in [-0.05, 0) is 31.2 Å². The Morgan fingerprint density at radius 1 is 1.44 bits per heavy atom. The molecule has 0 radical (unpaired) electrons. The van der Waals surface area contributed by atoms with Gasteiger partial charge in [0.15, 0.2) is 0 Å². The van der Waals surface area contributed by atoms with Crippen molar-refractivity contribution in [1.82, 2.24) is 0 Å². The molecule has 2 rings (SSSR count). The summed E-state index contributed by atoms with van der Waals surface area (Å²) in [6.07, 6.45) is 0. The molecule has 0 amide bonds. The van der Waals surface area contributed by atoms with Crippen molar-refractivity contribution >= 4 is 5.90 Å². The molecule has 86 valence electrons. The molecule has 4 nitrogen and oxygen atoms in total. The molecule has 1 aromatic carbocycles. The lowest BCUT2D eigenvalue weighted by Crippen LogP contribution is -2.28. The Hall–Kier alpha value is -1.55. The van der Waals surface area contributed by atoms with Crippen molar-refractivity contribution in [2.24, 2.45) is 4.99 Å². The van der Waals surface area contributed by atoms with E-state index in [-0.39, 0.29) is 6.61 Å². The van der Waals surface area contributed by atoms with Gasteiger partial charge in [-0.15, -0.1) is 0 Å². The highest BCUT2D eigenvalue weighted by Crippen LogP contribution is 2.22. The first-order valence-electron chi connectivity index (χ1n) is 5.15. The van der Waals surface area contributed by atoms with Gasteiger partial charge in [-0.1, -0.05) is 0 Å². The Balaban J connectivity index is 2.22. The summed E-state index contributed by atoms with van der Waals surface area (Å²) in [5.41, 5.74) is 0.396. The van der Waals surface area contributed by atoms with Crippen molar-refractivity contribution in [2.45, 2.75) is 12.5 Å². The standard InChI is InChI=1S/C12H15NO3/c1-12(7-14)8-16-11(13-12)9-3-5-10(15-2)6-4-9/h3-6,14H,7-8H2,1-2H3. The highest BCUT2D eigenvalue weighted by molar-refractivity contribution is 5.95. The normalized spacial score (nSPS) is 23.8. The summed E-state index contributed by atoms with van der Waals surface area (Å²) in [6, 6.07) is 7.49. The van der Waals surface area contributed by atoms with E-state index in [1.54, 1.807) is 7.11 Å². The lowest BCUT2D eigenvalue weighted by molar-refractivity contribution is 0.170. The van der Waals surface area contributed by atoms with Crippen LogP contribution in [0.5, 0.6) is 5.75 Å². The molecular weight excluding hydrogens is 206 g/mol. The van der Waals surface area contributed by atoms with E-state index in [0.29, 0.717) is 12.5 Å². The van der Waals surface area contributed by atoms with E-state index in [1.807, 2.05) is 31.2 Å². The van der Waals surface area contributed by atoms with E-state index in [2.05, 4.69) is 4.99 Å². The van der Waals surface area contributed by atoms with Crippen LogP contribution in [0, 0.1) is 0 Å². The molecule has 1 unspecified atom stereocenters. The Labute approximate surface area is 94.5 Å². The predicted molar refractivity (Wildman–Crippen MR) is 61.0 cm³/mol. The summed E-state index contributed by atoms with van der Waals surface area (Å²) >= 11 is 0. The smallest absolute Gasteiger partial charge is 0.216 e. The number of aliphatic imine (C=N–C) groups is 1. The average molecular weight is 221 g/mol. The monoisotopic (exact) mass is 221 g/mol. The van der Waals surface area contributed by atoms with E-state index in [0.717, 1.165) is 11.3 Å². The molecule has 1 heterocycles. The van der Waals surface area contributed by atoms with Crippen molar-refractivity contribution in [1.29, 1.82) is 0 Å². The number of hydrogen-bond acceptors (Lipinski definition) is 4. The molecule has 0 fully saturated rings. The van der Waals surface area contributed by atoms with Gasteiger partial charge >= 0.3 is 0 Å². The minimum absolute atomic E-state index is 0.00729. The maximum Gasteiger partial charge on any atom is 0.216 e. The molecule has 1 atom stereocenters. The van der Waals surface area contributed by atoms with Crippen LogP contribution in [0.25, 0.3) is 0 Å². The van der Waals surface area contributed by atoms with Crippen LogP contribution in [0.2, 0.25) is 0 Å². The summed E-state index contributed by atoms with van der Waals surface area (Å²) in [4.78, 5) is 4.37. The molecule has 1 aromatic rings. The van der Waals surface area contributed by atoms with E-state index in [4.69, 9.17) is 14.6 Å². The van der Waals surface area contributed by atoms with Crippen LogP contribution in [0.3, 0.4) is 0 Å². The predicted octanol–water partition coefficient (Wildman–Crippen LogP) is 1.22. The second-order valence-electron chi connectivity index (χ2n) is 4.09. The van der Waals surface area contributed by atoms with Crippen LogP contribution in [-0.4, -0.2) is 36.9 Å². The Morgan fingerprint density at radius 3 is 2.62 bits per heavy atom. The van der Waals surface area contributed by atoms with Gasteiger partial charge in [0.1, 0.15) is 17.9 Å². The number of aliphatic hydroxyl groups is 1. The molecule has 1 N–H and O–H groups in total. The van der Waals surface area contributed by atoms with E-state index < -0.39 is 5.54 Å². The maximum atomic E-state index is 9.17. The van der Waals surface area contributed by atoms with Gasteiger partial charge in [-0.2, -0.15) is 0 Å². The molecule has 0 aliphatic carbocycles. The van der Waals surface area contributed by atoms with Gasteiger partial charge in [0, 0.05) is 5.56 Å². The molecule has 4 heteroatoms. The Kier molecular flexibility index (Phi) is 2.83. The number of nitrogens with zero attached hydrogens (tertiary/aromatic N) is 1. The molecular formula is C12H15NO3. The van der Waals surface area contributed by atoms with Gasteiger partial charge in [0.05, 0.1) is 13.7 Å². The van der Waals surface area contributed by atoms with Crippen molar-refractivity contribution in [3.8, 4) is 5.75 Å². The largest absolute Gasteiger partial charge is 0.497 e. The van der Waals surface area contributed by atoms with Crippen molar-refractivity contribution in [3.63, 3.8) is 0 Å². The third-order valence-electron chi connectivity index (χ3n) is 2.57. The molecule has 16 heavy (non-hydrogen) atoms. The van der Waals surface area contributed by atoms with Crippen LogP contribution >= 0.6 is 0 Å². The highest BCUT2D eigenvalue weighted by atomic mass is 16.5. The summed E-state index contributed by atoms with van der Waals surface area (Å²) in [5, 5.41) is 9.17. The topological polar surface area (TPSA) is 51.0 Å². The number of hydrogen-bond donors (Lipinski definition) is 1. The highest BCUT2D eigenvalue weighted by Gasteiger charge is 2.31. The fourth-order valence-corrected chi connectivity index (χ4v) is 1.50. The second kappa shape index (κ2) is 4.14. The SMILES string of the molecule is COc1ccc(C2=NC(C)(CO)CO2)cc1. The molecule has 0 saturated carbocycles. The Morgan fingerprint density at radius 2 is 2.12 bits per heavy atom.